The van der Waals surface area contributed by atoms with Gasteiger partial charge in [0.25, 0.3) is 0 Å². The topological polar surface area (TPSA) is 85.2 Å². The van der Waals surface area contributed by atoms with Crippen LogP contribution in [0.1, 0.15) is 12.5 Å². The first-order valence-corrected chi connectivity index (χ1v) is 7.95. The molecule has 134 valence electrons. The summed E-state index contributed by atoms with van der Waals surface area (Å²) >= 11 is 0. The van der Waals surface area contributed by atoms with Gasteiger partial charge in [-0.2, -0.15) is 5.26 Å². The van der Waals surface area contributed by atoms with E-state index >= 15 is 0 Å². The van der Waals surface area contributed by atoms with Crippen molar-refractivity contribution < 1.29 is 14.0 Å². The molecule has 0 saturated carbocycles. The van der Waals surface area contributed by atoms with Crippen molar-refractivity contribution in [3.63, 3.8) is 0 Å². The summed E-state index contributed by atoms with van der Waals surface area (Å²) in [6.07, 6.45) is 0. The monoisotopic (exact) mass is 354 g/mol. The van der Waals surface area contributed by atoms with E-state index in [1.54, 1.807) is 43.1 Å². The van der Waals surface area contributed by atoms with Crippen molar-refractivity contribution >= 4 is 23.2 Å². The van der Waals surface area contributed by atoms with Gasteiger partial charge in [-0.25, -0.2) is 4.39 Å². The standard InChI is InChI=1S/C19H19FN4O2/c1-13(19(26)23-17-7-3-14(11-21)4-8-17)24(2)12-18(25)22-16-9-5-15(20)6-10-16/h3-10,13H,12H2,1-2H3,(H,22,25)(H,23,26)/t13-/m0/s1. The molecule has 0 aliphatic carbocycles. The highest BCUT2D eigenvalue weighted by atomic mass is 19.1. The molecule has 1 atom stereocenters. The number of carbonyl (C=O) groups excluding carboxylic acids is 2. The van der Waals surface area contributed by atoms with Crippen LogP contribution in [-0.2, 0) is 9.59 Å². The Balaban J connectivity index is 1.87. The first-order chi connectivity index (χ1) is 12.4. The lowest BCUT2D eigenvalue weighted by atomic mass is 10.2. The summed E-state index contributed by atoms with van der Waals surface area (Å²) in [5.74, 6) is -0.961. The minimum Gasteiger partial charge on any atom is -0.325 e. The van der Waals surface area contributed by atoms with Crippen LogP contribution in [0.5, 0.6) is 0 Å². The van der Waals surface area contributed by atoms with E-state index in [-0.39, 0.29) is 24.2 Å². The second kappa shape index (κ2) is 8.74. The molecular weight excluding hydrogens is 335 g/mol. The van der Waals surface area contributed by atoms with Gasteiger partial charge >= 0.3 is 0 Å². The zero-order valence-electron chi connectivity index (χ0n) is 14.5. The Morgan fingerprint density at radius 2 is 1.62 bits per heavy atom. The predicted molar refractivity (Wildman–Crippen MR) is 96.9 cm³/mol. The highest BCUT2D eigenvalue weighted by Crippen LogP contribution is 2.11. The summed E-state index contributed by atoms with van der Waals surface area (Å²) in [5.41, 5.74) is 1.56. The van der Waals surface area contributed by atoms with E-state index < -0.39 is 6.04 Å². The molecule has 26 heavy (non-hydrogen) atoms. The number of likely N-dealkylation sites (N-methyl/N-ethyl adjacent to an activating group) is 1. The molecule has 2 rings (SSSR count). The number of benzene rings is 2. The van der Waals surface area contributed by atoms with Crippen LogP contribution in [-0.4, -0.2) is 36.3 Å². The maximum atomic E-state index is 12.9. The molecule has 0 saturated heterocycles. The lowest BCUT2D eigenvalue weighted by Gasteiger charge is -2.23. The van der Waals surface area contributed by atoms with Gasteiger partial charge in [0.2, 0.25) is 11.8 Å². The van der Waals surface area contributed by atoms with E-state index in [1.807, 2.05) is 6.07 Å². The number of hydrogen-bond donors (Lipinski definition) is 2. The Bertz CT molecular complexity index is 813. The molecular formula is C19H19FN4O2. The second-order valence-corrected chi connectivity index (χ2v) is 5.82. The van der Waals surface area contributed by atoms with Gasteiger partial charge in [0.05, 0.1) is 24.2 Å². The number of anilines is 2. The molecule has 0 aromatic heterocycles. The van der Waals surface area contributed by atoms with E-state index in [0.717, 1.165) is 0 Å². The average molecular weight is 354 g/mol. The number of nitriles is 1. The fourth-order valence-electron chi connectivity index (χ4n) is 2.17. The van der Waals surface area contributed by atoms with Crippen molar-refractivity contribution in [2.45, 2.75) is 13.0 Å². The number of hydrogen-bond acceptors (Lipinski definition) is 4. The quantitative estimate of drug-likeness (QED) is 0.835. The molecule has 7 heteroatoms. The first-order valence-electron chi connectivity index (χ1n) is 7.95. The van der Waals surface area contributed by atoms with Crippen molar-refractivity contribution in [3.8, 4) is 6.07 Å². The third kappa shape index (κ3) is 5.40. The molecule has 2 aromatic carbocycles. The van der Waals surface area contributed by atoms with Gasteiger partial charge in [0.1, 0.15) is 5.82 Å². The van der Waals surface area contributed by atoms with Gasteiger partial charge < -0.3 is 10.6 Å². The molecule has 2 aromatic rings. The molecule has 0 fully saturated rings. The number of nitrogens with zero attached hydrogens (tertiary/aromatic N) is 2. The van der Waals surface area contributed by atoms with E-state index in [4.69, 9.17) is 5.26 Å². The summed E-state index contributed by atoms with van der Waals surface area (Å²) in [7, 11) is 1.66. The first kappa shape index (κ1) is 19.1. The Hall–Kier alpha value is -3.24. The minimum absolute atomic E-state index is 0.000661. The fraction of sp³-hybridized carbons (Fsp3) is 0.211. The molecule has 0 aliphatic heterocycles. The van der Waals surface area contributed by atoms with Crippen LogP contribution >= 0.6 is 0 Å². The van der Waals surface area contributed by atoms with Crippen LogP contribution in [0, 0.1) is 17.1 Å². The molecule has 2 amide bonds. The molecule has 6 nitrogen and oxygen atoms in total. The lowest BCUT2D eigenvalue weighted by molar-refractivity contribution is -0.122. The van der Waals surface area contributed by atoms with Crippen molar-refractivity contribution in [2.24, 2.45) is 0 Å². The normalized spacial score (nSPS) is 11.5. The average Bonchev–Trinajstić information content (AvgIpc) is 2.63. The Morgan fingerprint density at radius 3 is 2.19 bits per heavy atom. The molecule has 0 spiro atoms. The van der Waals surface area contributed by atoms with Crippen LogP contribution in [0.25, 0.3) is 0 Å². The highest BCUT2D eigenvalue weighted by Gasteiger charge is 2.20. The van der Waals surface area contributed by atoms with Crippen LogP contribution in [0.4, 0.5) is 15.8 Å². The van der Waals surface area contributed by atoms with Crippen molar-refractivity contribution in [2.75, 3.05) is 24.2 Å². The summed E-state index contributed by atoms with van der Waals surface area (Å²) < 4.78 is 12.9. The van der Waals surface area contributed by atoms with Crippen molar-refractivity contribution in [1.82, 2.24) is 4.90 Å². The smallest absolute Gasteiger partial charge is 0.241 e. The maximum Gasteiger partial charge on any atom is 0.241 e. The van der Waals surface area contributed by atoms with Crippen LogP contribution < -0.4 is 10.6 Å². The maximum absolute atomic E-state index is 12.9. The summed E-state index contributed by atoms with van der Waals surface area (Å²) in [6, 6.07) is 13.4. The number of nitrogens with one attached hydrogen (secondary N) is 2. The van der Waals surface area contributed by atoms with E-state index in [9.17, 15) is 14.0 Å². The van der Waals surface area contributed by atoms with Gasteiger partial charge in [0.15, 0.2) is 0 Å². The largest absolute Gasteiger partial charge is 0.325 e. The third-order valence-corrected chi connectivity index (χ3v) is 3.84. The number of amides is 2. The molecule has 0 radical (unpaired) electrons. The zero-order valence-corrected chi connectivity index (χ0v) is 14.5. The minimum atomic E-state index is -0.551. The molecule has 2 N–H and O–H groups in total. The van der Waals surface area contributed by atoms with Gasteiger partial charge in [0, 0.05) is 11.4 Å². The summed E-state index contributed by atoms with van der Waals surface area (Å²) in [6.45, 7) is 1.68. The summed E-state index contributed by atoms with van der Waals surface area (Å²) in [5, 5.41) is 14.2. The summed E-state index contributed by atoms with van der Waals surface area (Å²) in [4.78, 5) is 25.9. The van der Waals surface area contributed by atoms with Crippen LogP contribution in [0.2, 0.25) is 0 Å². The van der Waals surface area contributed by atoms with Gasteiger partial charge in [-0.15, -0.1) is 0 Å². The Labute approximate surface area is 151 Å². The molecule has 0 aliphatic rings. The SMILES string of the molecule is C[C@@H](C(=O)Nc1ccc(C#N)cc1)N(C)CC(=O)Nc1ccc(F)cc1. The highest BCUT2D eigenvalue weighted by molar-refractivity contribution is 5.96. The van der Waals surface area contributed by atoms with Crippen LogP contribution in [0.3, 0.4) is 0 Å². The second-order valence-electron chi connectivity index (χ2n) is 5.82. The molecule has 0 bridgehead atoms. The lowest BCUT2D eigenvalue weighted by Crippen LogP contribution is -2.43. The van der Waals surface area contributed by atoms with Crippen molar-refractivity contribution in [3.05, 3.63) is 59.9 Å². The number of halogens is 1. The molecule has 0 heterocycles. The van der Waals surface area contributed by atoms with Crippen molar-refractivity contribution in [1.29, 1.82) is 5.26 Å². The Morgan fingerprint density at radius 1 is 1.08 bits per heavy atom. The van der Waals surface area contributed by atoms with Gasteiger partial charge in [-0.1, -0.05) is 0 Å². The number of rotatable bonds is 6. The van der Waals surface area contributed by atoms with Gasteiger partial charge in [-0.3, -0.25) is 14.5 Å². The van der Waals surface area contributed by atoms with E-state index in [2.05, 4.69) is 10.6 Å². The van der Waals surface area contributed by atoms with Gasteiger partial charge in [-0.05, 0) is 62.5 Å². The number of carbonyl (C=O) groups is 2. The third-order valence-electron chi connectivity index (χ3n) is 3.84. The van der Waals surface area contributed by atoms with E-state index in [0.29, 0.717) is 16.9 Å². The Kier molecular flexibility index (Phi) is 6.42. The van der Waals surface area contributed by atoms with Crippen LogP contribution in [0.15, 0.2) is 48.5 Å². The fourth-order valence-corrected chi connectivity index (χ4v) is 2.17. The predicted octanol–water partition coefficient (Wildman–Crippen LogP) is 2.59. The molecule has 0 unspecified atom stereocenters. The van der Waals surface area contributed by atoms with E-state index in [1.165, 1.54) is 24.3 Å². The zero-order chi connectivity index (χ0) is 19.1.